The van der Waals surface area contributed by atoms with Crippen LogP contribution in [0.4, 0.5) is 0 Å². The first-order valence-corrected chi connectivity index (χ1v) is 4.77. The number of primary amides is 1. The van der Waals surface area contributed by atoms with Crippen molar-refractivity contribution >= 4 is 11.9 Å². The third-order valence-electron chi connectivity index (χ3n) is 2.02. The SMILES string of the molecule is CCCCC(NC(C)C(N)=O)C(=O)O. The van der Waals surface area contributed by atoms with Gasteiger partial charge in [0.15, 0.2) is 0 Å². The molecule has 0 aromatic carbocycles. The van der Waals surface area contributed by atoms with E-state index in [-0.39, 0.29) is 0 Å². The summed E-state index contributed by atoms with van der Waals surface area (Å²) in [5, 5.41) is 11.5. The standard InChI is InChI=1S/C9H18N2O3/c1-3-4-5-7(9(13)14)11-6(2)8(10)12/h6-7,11H,3-5H2,1-2H3,(H2,10,12)(H,13,14). The average Bonchev–Trinajstić information content (AvgIpc) is 2.10. The van der Waals surface area contributed by atoms with Crippen LogP contribution in [-0.2, 0) is 9.59 Å². The van der Waals surface area contributed by atoms with Gasteiger partial charge >= 0.3 is 5.97 Å². The molecule has 0 spiro atoms. The minimum Gasteiger partial charge on any atom is -0.480 e. The van der Waals surface area contributed by atoms with Crippen LogP contribution in [0.5, 0.6) is 0 Å². The maximum Gasteiger partial charge on any atom is 0.320 e. The zero-order valence-corrected chi connectivity index (χ0v) is 8.62. The summed E-state index contributed by atoms with van der Waals surface area (Å²) in [7, 11) is 0. The summed E-state index contributed by atoms with van der Waals surface area (Å²) < 4.78 is 0. The van der Waals surface area contributed by atoms with Crippen molar-refractivity contribution in [1.29, 1.82) is 0 Å². The Balaban J connectivity index is 4.08. The molecule has 0 heterocycles. The number of hydrogen-bond acceptors (Lipinski definition) is 3. The molecule has 0 bridgehead atoms. The van der Waals surface area contributed by atoms with Crippen molar-refractivity contribution in [3.63, 3.8) is 0 Å². The highest BCUT2D eigenvalue weighted by atomic mass is 16.4. The van der Waals surface area contributed by atoms with Gasteiger partial charge in [0.25, 0.3) is 0 Å². The smallest absolute Gasteiger partial charge is 0.320 e. The van der Waals surface area contributed by atoms with Crippen LogP contribution in [0.15, 0.2) is 0 Å². The molecule has 0 aliphatic rings. The van der Waals surface area contributed by atoms with Gasteiger partial charge in [-0.1, -0.05) is 19.8 Å². The fraction of sp³-hybridized carbons (Fsp3) is 0.778. The number of rotatable bonds is 7. The minimum atomic E-state index is -0.938. The number of amides is 1. The summed E-state index contributed by atoms with van der Waals surface area (Å²) in [4.78, 5) is 21.4. The molecule has 2 unspecified atom stereocenters. The van der Waals surface area contributed by atoms with Gasteiger partial charge in [0.2, 0.25) is 5.91 Å². The Morgan fingerprint density at radius 1 is 1.50 bits per heavy atom. The molecule has 0 aliphatic carbocycles. The predicted molar refractivity (Wildman–Crippen MR) is 52.7 cm³/mol. The Labute approximate surface area is 83.7 Å². The Kier molecular flexibility index (Phi) is 5.87. The number of nitrogens with two attached hydrogens (primary N) is 1. The van der Waals surface area contributed by atoms with Crippen molar-refractivity contribution in [2.24, 2.45) is 5.73 Å². The summed E-state index contributed by atoms with van der Waals surface area (Å²) in [6.45, 7) is 3.54. The molecule has 0 fully saturated rings. The van der Waals surface area contributed by atoms with Crippen molar-refractivity contribution in [2.75, 3.05) is 0 Å². The lowest BCUT2D eigenvalue weighted by Gasteiger charge is -2.17. The minimum absolute atomic E-state index is 0.517. The van der Waals surface area contributed by atoms with Crippen molar-refractivity contribution in [3.8, 4) is 0 Å². The quantitative estimate of drug-likeness (QED) is 0.545. The van der Waals surface area contributed by atoms with Gasteiger partial charge in [-0.2, -0.15) is 0 Å². The number of nitrogens with one attached hydrogen (secondary N) is 1. The molecule has 0 rings (SSSR count). The maximum atomic E-state index is 10.7. The van der Waals surface area contributed by atoms with Gasteiger partial charge in [0, 0.05) is 0 Å². The van der Waals surface area contributed by atoms with Gasteiger partial charge in [0.1, 0.15) is 6.04 Å². The molecule has 0 aromatic rings. The fourth-order valence-electron chi connectivity index (χ4n) is 1.07. The first-order valence-electron chi connectivity index (χ1n) is 4.77. The van der Waals surface area contributed by atoms with E-state index in [0.29, 0.717) is 6.42 Å². The lowest BCUT2D eigenvalue weighted by atomic mass is 10.1. The molecule has 1 amide bonds. The monoisotopic (exact) mass is 202 g/mol. The number of carbonyl (C=O) groups is 2. The van der Waals surface area contributed by atoms with Gasteiger partial charge in [-0.25, -0.2) is 0 Å². The summed E-state index contributed by atoms with van der Waals surface area (Å²) in [5.74, 6) is -1.47. The second kappa shape index (κ2) is 6.37. The van der Waals surface area contributed by atoms with E-state index >= 15 is 0 Å². The molecule has 0 saturated heterocycles. The summed E-state index contributed by atoms with van der Waals surface area (Å²) in [6.07, 6.45) is 2.26. The van der Waals surface area contributed by atoms with E-state index in [9.17, 15) is 9.59 Å². The highest BCUT2D eigenvalue weighted by molar-refractivity contribution is 5.81. The normalized spacial score (nSPS) is 14.7. The van der Waals surface area contributed by atoms with Gasteiger partial charge < -0.3 is 10.8 Å². The highest BCUT2D eigenvalue weighted by Gasteiger charge is 2.20. The van der Waals surface area contributed by atoms with Crippen molar-refractivity contribution in [2.45, 2.75) is 45.2 Å². The zero-order chi connectivity index (χ0) is 11.1. The first kappa shape index (κ1) is 12.9. The van der Waals surface area contributed by atoms with E-state index in [0.717, 1.165) is 12.8 Å². The van der Waals surface area contributed by atoms with Crippen LogP contribution in [0.3, 0.4) is 0 Å². The van der Waals surface area contributed by atoms with Gasteiger partial charge in [-0.05, 0) is 13.3 Å². The molecule has 0 radical (unpaired) electrons. The fourth-order valence-corrected chi connectivity index (χ4v) is 1.07. The van der Waals surface area contributed by atoms with Gasteiger partial charge in [-0.3, -0.25) is 14.9 Å². The summed E-state index contributed by atoms with van der Waals surface area (Å²) in [6, 6.07) is -1.29. The number of carbonyl (C=O) groups excluding carboxylic acids is 1. The Morgan fingerprint density at radius 3 is 2.43 bits per heavy atom. The molecule has 0 aliphatic heterocycles. The van der Waals surface area contributed by atoms with Crippen LogP contribution in [0.2, 0.25) is 0 Å². The van der Waals surface area contributed by atoms with Crippen LogP contribution in [0.1, 0.15) is 33.1 Å². The predicted octanol–water partition coefficient (Wildman–Crippen LogP) is 0.0932. The third-order valence-corrected chi connectivity index (χ3v) is 2.02. The number of hydrogen-bond donors (Lipinski definition) is 3. The van der Waals surface area contributed by atoms with E-state index in [1.54, 1.807) is 6.92 Å². The number of carboxylic acid groups (broad SMARTS) is 1. The summed E-state index contributed by atoms with van der Waals surface area (Å²) in [5.41, 5.74) is 5.02. The van der Waals surface area contributed by atoms with Crippen molar-refractivity contribution in [3.05, 3.63) is 0 Å². The Hall–Kier alpha value is -1.10. The first-order chi connectivity index (χ1) is 6.49. The van der Waals surface area contributed by atoms with Crippen LogP contribution in [0, 0.1) is 0 Å². The van der Waals surface area contributed by atoms with Gasteiger partial charge in [0.05, 0.1) is 6.04 Å². The number of aliphatic carboxylic acids is 1. The molecule has 2 atom stereocenters. The highest BCUT2D eigenvalue weighted by Crippen LogP contribution is 2.01. The van der Waals surface area contributed by atoms with E-state index < -0.39 is 24.0 Å². The van der Waals surface area contributed by atoms with Crippen LogP contribution >= 0.6 is 0 Å². The molecular formula is C9H18N2O3. The largest absolute Gasteiger partial charge is 0.480 e. The third kappa shape index (κ3) is 4.81. The Morgan fingerprint density at radius 2 is 2.07 bits per heavy atom. The molecule has 0 aromatic heterocycles. The van der Waals surface area contributed by atoms with Gasteiger partial charge in [-0.15, -0.1) is 0 Å². The van der Waals surface area contributed by atoms with Crippen LogP contribution in [0.25, 0.3) is 0 Å². The topological polar surface area (TPSA) is 92.4 Å². The maximum absolute atomic E-state index is 10.7. The number of carboxylic acids is 1. The Bertz CT molecular complexity index is 206. The van der Waals surface area contributed by atoms with Crippen LogP contribution < -0.4 is 11.1 Å². The second-order valence-electron chi connectivity index (χ2n) is 3.32. The second-order valence-corrected chi connectivity index (χ2v) is 3.32. The summed E-state index contributed by atoms with van der Waals surface area (Å²) >= 11 is 0. The van der Waals surface area contributed by atoms with E-state index in [1.807, 2.05) is 6.92 Å². The average molecular weight is 202 g/mol. The molecule has 14 heavy (non-hydrogen) atoms. The molecule has 82 valence electrons. The van der Waals surface area contributed by atoms with Crippen LogP contribution in [-0.4, -0.2) is 29.1 Å². The molecule has 4 N–H and O–H groups in total. The van der Waals surface area contributed by atoms with E-state index in [4.69, 9.17) is 10.8 Å². The molecule has 0 saturated carbocycles. The van der Waals surface area contributed by atoms with Crippen molar-refractivity contribution < 1.29 is 14.7 Å². The lowest BCUT2D eigenvalue weighted by Crippen LogP contribution is -2.47. The molecular weight excluding hydrogens is 184 g/mol. The molecule has 5 heteroatoms. The van der Waals surface area contributed by atoms with E-state index in [2.05, 4.69) is 5.32 Å². The molecule has 5 nitrogen and oxygen atoms in total. The number of unbranched alkanes of at least 4 members (excludes halogenated alkanes) is 1. The van der Waals surface area contributed by atoms with E-state index in [1.165, 1.54) is 0 Å². The lowest BCUT2D eigenvalue weighted by molar-refractivity contribution is -0.140. The van der Waals surface area contributed by atoms with Crippen molar-refractivity contribution in [1.82, 2.24) is 5.32 Å². The zero-order valence-electron chi connectivity index (χ0n) is 8.62.